The molecule has 0 bridgehead atoms. The lowest BCUT2D eigenvalue weighted by molar-refractivity contribution is 0.336. The molecule has 0 aromatic heterocycles. The Labute approximate surface area is 61.0 Å². The molecule has 0 saturated heterocycles. The molecule has 0 heterocycles. The van der Waals surface area contributed by atoms with Gasteiger partial charge in [-0.1, -0.05) is 30.3 Å². The van der Waals surface area contributed by atoms with Crippen LogP contribution in [0.25, 0.3) is 0 Å². The average Bonchev–Trinajstić information content (AvgIpc) is 2.03. The van der Waals surface area contributed by atoms with Crippen LogP contribution in [0.4, 0.5) is 0 Å². The molecule has 0 aliphatic carbocycles. The van der Waals surface area contributed by atoms with Crippen molar-refractivity contribution >= 4 is 0 Å². The van der Waals surface area contributed by atoms with Crippen molar-refractivity contribution in [3.05, 3.63) is 48.2 Å². The zero-order chi connectivity index (χ0) is 7.23. The van der Waals surface area contributed by atoms with Gasteiger partial charge in [0.2, 0.25) is 0 Å². The first-order chi connectivity index (χ1) is 4.93. The Balaban J connectivity index is 2.67. The highest BCUT2D eigenvalue weighted by atomic mass is 16.5. The second kappa shape index (κ2) is 3.72. The van der Waals surface area contributed by atoms with Crippen LogP contribution < -0.4 is 0 Å². The Morgan fingerprint density at radius 2 is 2.00 bits per heavy atom. The average molecular weight is 133 g/mol. The number of ether oxygens (including phenoxy) is 1. The van der Waals surface area contributed by atoms with E-state index < -0.39 is 0 Å². The van der Waals surface area contributed by atoms with Gasteiger partial charge in [0.1, 0.15) is 0 Å². The van der Waals surface area contributed by atoms with Crippen LogP contribution in [-0.4, -0.2) is 7.11 Å². The van der Waals surface area contributed by atoms with Crippen LogP contribution in [0.5, 0.6) is 0 Å². The topological polar surface area (TPSA) is 9.23 Å². The summed E-state index contributed by atoms with van der Waals surface area (Å²) < 4.78 is 4.71. The van der Waals surface area contributed by atoms with Crippen molar-refractivity contribution in [2.75, 3.05) is 7.11 Å². The molecular formula is C9H9O. The minimum atomic E-state index is 1.03. The summed E-state index contributed by atoms with van der Waals surface area (Å²) in [6.07, 6.45) is 4.48. The van der Waals surface area contributed by atoms with Crippen molar-refractivity contribution in [3.63, 3.8) is 0 Å². The minimum Gasteiger partial charge on any atom is -0.504 e. The zero-order valence-corrected chi connectivity index (χ0v) is 5.87. The highest BCUT2D eigenvalue weighted by Crippen LogP contribution is 1.97. The molecule has 0 fully saturated rings. The van der Waals surface area contributed by atoms with Crippen LogP contribution in [0.2, 0.25) is 0 Å². The standard InChI is InChI=1S/C9H9O/c1-10-8-7-9-5-3-2-4-6-9/h2-6,8H,1H3. The molecule has 0 amide bonds. The van der Waals surface area contributed by atoms with Gasteiger partial charge >= 0.3 is 0 Å². The van der Waals surface area contributed by atoms with Crippen molar-refractivity contribution in [3.8, 4) is 0 Å². The third-order valence-electron chi connectivity index (χ3n) is 1.12. The first-order valence-corrected chi connectivity index (χ1v) is 3.09. The fourth-order valence-electron chi connectivity index (χ4n) is 0.661. The molecular weight excluding hydrogens is 124 g/mol. The summed E-state index contributed by atoms with van der Waals surface area (Å²) >= 11 is 0. The molecule has 0 aliphatic heterocycles. The Morgan fingerprint density at radius 1 is 1.30 bits per heavy atom. The molecule has 10 heavy (non-hydrogen) atoms. The number of benzene rings is 1. The smallest absolute Gasteiger partial charge is 0.0910 e. The maximum absolute atomic E-state index is 4.71. The predicted molar refractivity (Wildman–Crippen MR) is 40.4 cm³/mol. The summed E-state index contributed by atoms with van der Waals surface area (Å²) in [7, 11) is 1.61. The van der Waals surface area contributed by atoms with Crippen molar-refractivity contribution in [1.82, 2.24) is 0 Å². The summed E-state index contributed by atoms with van der Waals surface area (Å²) in [6, 6.07) is 9.83. The van der Waals surface area contributed by atoms with Gasteiger partial charge in [0.05, 0.1) is 13.4 Å². The van der Waals surface area contributed by atoms with E-state index in [-0.39, 0.29) is 0 Å². The van der Waals surface area contributed by atoms with Gasteiger partial charge in [0.15, 0.2) is 0 Å². The molecule has 1 rings (SSSR count). The van der Waals surface area contributed by atoms with Gasteiger partial charge in [-0.25, -0.2) is 0 Å². The van der Waals surface area contributed by atoms with Gasteiger partial charge in [-0.3, -0.25) is 0 Å². The van der Waals surface area contributed by atoms with E-state index in [0.29, 0.717) is 0 Å². The fourth-order valence-corrected chi connectivity index (χ4v) is 0.661. The van der Waals surface area contributed by atoms with Gasteiger partial charge in [-0.2, -0.15) is 0 Å². The lowest BCUT2D eigenvalue weighted by atomic mass is 10.2. The number of hydrogen-bond donors (Lipinski definition) is 0. The van der Waals surface area contributed by atoms with Crippen molar-refractivity contribution in [2.24, 2.45) is 0 Å². The number of rotatable bonds is 2. The molecule has 0 saturated carbocycles. The molecule has 51 valence electrons. The molecule has 1 heteroatoms. The van der Waals surface area contributed by atoms with E-state index in [1.54, 1.807) is 7.11 Å². The molecule has 0 aliphatic rings. The first-order valence-electron chi connectivity index (χ1n) is 3.09. The van der Waals surface area contributed by atoms with Crippen molar-refractivity contribution in [2.45, 2.75) is 0 Å². The summed E-state index contributed by atoms with van der Waals surface area (Å²) in [4.78, 5) is 0. The monoisotopic (exact) mass is 133 g/mol. The van der Waals surface area contributed by atoms with Gasteiger partial charge < -0.3 is 4.74 Å². The Kier molecular flexibility index (Phi) is 2.56. The SMILES string of the molecule is CO/C=[C]\c1ccccc1. The summed E-state index contributed by atoms with van der Waals surface area (Å²) in [5, 5.41) is 0. The summed E-state index contributed by atoms with van der Waals surface area (Å²) in [5.74, 6) is 0. The van der Waals surface area contributed by atoms with Crippen LogP contribution in [0.15, 0.2) is 36.6 Å². The lowest BCUT2D eigenvalue weighted by Gasteiger charge is -1.88. The number of hydrogen-bond acceptors (Lipinski definition) is 1. The molecule has 0 unspecified atom stereocenters. The molecule has 0 atom stereocenters. The molecule has 1 aromatic rings. The summed E-state index contributed by atoms with van der Waals surface area (Å²) in [5.41, 5.74) is 1.03. The zero-order valence-electron chi connectivity index (χ0n) is 5.87. The second-order valence-corrected chi connectivity index (χ2v) is 1.86. The quantitative estimate of drug-likeness (QED) is 0.560. The largest absolute Gasteiger partial charge is 0.504 e. The van der Waals surface area contributed by atoms with E-state index in [0.717, 1.165) is 5.56 Å². The van der Waals surface area contributed by atoms with Crippen LogP contribution >= 0.6 is 0 Å². The van der Waals surface area contributed by atoms with Gasteiger partial charge in [0.25, 0.3) is 0 Å². The van der Waals surface area contributed by atoms with Crippen LogP contribution in [-0.2, 0) is 4.74 Å². The van der Waals surface area contributed by atoms with Gasteiger partial charge in [0, 0.05) is 6.08 Å². The van der Waals surface area contributed by atoms with Crippen LogP contribution in [0, 0.1) is 6.08 Å². The third kappa shape index (κ3) is 1.94. The van der Waals surface area contributed by atoms with Gasteiger partial charge in [-0.05, 0) is 5.56 Å². The van der Waals surface area contributed by atoms with E-state index in [2.05, 4.69) is 6.08 Å². The van der Waals surface area contributed by atoms with Crippen molar-refractivity contribution < 1.29 is 4.74 Å². The second-order valence-electron chi connectivity index (χ2n) is 1.86. The first kappa shape index (κ1) is 6.87. The Morgan fingerprint density at radius 3 is 2.60 bits per heavy atom. The predicted octanol–water partition coefficient (Wildman–Crippen LogP) is 2.00. The van der Waals surface area contributed by atoms with E-state index in [4.69, 9.17) is 4.74 Å². The van der Waals surface area contributed by atoms with Crippen LogP contribution in [0.3, 0.4) is 0 Å². The molecule has 0 N–H and O–H groups in total. The number of methoxy groups -OCH3 is 1. The molecule has 0 spiro atoms. The normalized spacial score (nSPS) is 10.1. The third-order valence-corrected chi connectivity index (χ3v) is 1.12. The minimum absolute atomic E-state index is 1.03. The lowest BCUT2D eigenvalue weighted by Crippen LogP contribution is -1.71. The molecule has 1 aromatic carbocycles. The maximum atomic E-state index is 4.71. The van der Waals surface area contributed by atoms with E-state index >= 15 is 0 Å². The van der Waals surface area contributed by atoms with E-state index in [1.165, 1.54) is 6.26 Å². The highest BCUT2D eigenvalue weighted by Gasteiger charge is 1.80. The molecule has 1 radical (unpaired) electrons. The van der Waals surface area contributed by atoms with Gasteiger partial charge in [-0.15, -0.1) is 0 Å². The highest BCUT2D eigenvalue weighted by molar-refractivity contribution is 5.20. The van der Waals surface area contributed by atoms with E-state index in [1.807, 2.05) is 30.3 Å². The summed E-state index contributed by atoms with van der Waals surface area (Å²) in [6.45, 7) is 0. The molecule has 1 nitrogen and oxygen atoms in total. The van der Waals surface area contributed by atoms with Crippen molar-refractivity contribution in [1.29, 1.82) is 0 Å². The van der Waals surface area contributed by atoms with Crippen LogP contribution in [0.1, 0.15) is 5.56 Å². The maximum Gasteiger partial charge on any atom is 0.0910 e. The van der Waals surface area contributed by atoms with E-state index in [9.17, 15) is 0 Å². The fraction of sp³-hybridized carbons (Fsp3) is 0.111. The Bertz CT molecular complexity index is 201. The Hall–Kier alpha value is -1.24.